The lowest BCUT2D eigenvalue weighted by Gasteiger charge is -2.55. The number of ether oxygens (including phenoxy) is 5. The minimum Gasteiger partial charge on any atom is -0.458 e. The molecule has 0 radical (unpaired) electrons. The quantitative estimate of drug-likeness (QED) is 0.0308. The first kappa shape index (κ1) is 86.8. The van der Waals surface area contributed by atoms with Gasteiger partial charge in [0.25, 0.3) is 0 Å². The number of esters is 5. The Labute approximate surface area is 575 Å². The molecular formula is C60H92F10O25S5. The van der Waals surface area contributed by atoms with Crippen LogP contribution in [0.25, 0.3) is 0 Å². The number of hydrogen-bond donors (Lipinski definition) is 5. The molecule has 25 nitrogen and oxygen atoms in total. The van der Waals surface area contributed by atoms with Crippen LogP contribution in [0.5, 0.6) is 0 Å². The molecule has 0 amide bonds. The Balaban J connectivity index is 0.000000226. The molecular weight excluding hydrogens is 1470 g/mol. The van der Waals surface area contributed by atoms with Crippen LogP contribution in [-0.4, -0.2) is 154 Å². The number of hydrogen-bond acceptors (Lipinski definition) is 20. The van der Waals surface area contributed by atoms with Crippen molar-refractivity contribution in [1.29, 1.82) is 0 Å². The third-order valence-corrected chi connectivity index (χ3v) is 25.5. The Hall–Kier alpha value is -3.80. The zero-order valence-electron chi connectivity index (χ0n) is 55.8. The summed E-state index contributed by atoms with van der Waals surface area (Å²) in [4.78, 5) is 59.0. The SMILES string of the molecule is CC(C)(C)C1CCC(C(=O)OCC(F)(F)S(=O)(=O)O)CC1.CC1CCC(C(=O)OCC(F)(F)S(=O)(=O)O)CC1.CCC1CCC(C(=O)OCC(F)(F)S(=O)(=O)O)CC1.O=C(OCC(F)(F)S(=O)(=O)O)C12CC3CC(CC(C3)C1)C2.O=C(OCC(F)(F)S(=O)(=O)O)C1C2CC3CC(C2)CC1C3. The Morgan fingerprint density at radius 2 is 0.640 bits per heavy atom. The summed E-state index contributed by atoms with van der Waals surface area (Å²) in [5.41, 5.74) is -0.586. The number of halogens is 10. The molecule has 11 saturated carbocycles. The molecule has 0 unspecified atom stereocenters. The normalized spacial score (nSPS) is 30.8. The van der Waals surface area contributed by atoms with Crippen molar-refractivity contribution in [3.8, 4) is 0 Å². The van der Waals surface area contributed by atoms with E-state index in [0.717, 1.165) is 89.9 Å². The van der Waals surface area contributed by atoms with Crippen LogP contribution in [-0.2, 0) is 98.2 Å². The van der Waals surface area contributed by atoms with Gasteiger partial charge in [-0.3, -0.25) is 46.7 Å². The van der Waals surface area contributed by atoms with Crippen LogP contribution >= 0.6 is 0 Å². The lowest BCUT2D eigenvalue weighted by molar-refractivity contribution is -0.177. The van der Waals surface area contributed by atoms with E-state index < -0.39 is 169 Å². The Bertz CT molecular complexity index is 3360. The predicted octanol–water partition coefficient (Wildman–Crippen LogP) is 11.2. The van der Waals surface area contributed by atoms with E-state index in [4.69, 9.17) is 22.8 Å². The zero-order valence-corrected chi connectivity index (χ0v) is 59.9. The molecule has 0 aromatic rings. The summed E-state index contributed by atoms with van der Waals surface area (Å²) in [5.74, 6) is -1.28. The van der Waals surface area contributed by atoms with Gasteiger partial charge in [-0.15, -0.1) is 0 Å². The van der Waals surface area contributed by atoms with E-state index in [2.05, 4.69) is 51.4 Å². The molecule has 0 aliphatic heterocycles. The van der Waals surface area contributed by atoms with E-state index in [0.29, 0.717) is 105 Å². The minimum atomic E-state index is -5.57. The van der Waals surface area contributed by atoms with Gasteiger partial charge in [0.2, 0.25) is 0 Å². The van der Waals surface area contributed by atoms with Gasteiger partial charge in [-0.05, 0) is 212 Å². The third kappa shape index (κ3) is 23.6. The fourth-order valence-corrected chi connectivity index (χ4v) is 17.0. The molecule has 11 aliphatic carbocycles. The van der Waals surface area contributed by atoms with Crippen molar-refractivity contribution in [2.75, 3.05) is 33.0 Å². The summed E-state index contributed by atoms with van der Waals surface area (Å²) in [6, 6.07) is 0. The van der Waals surface area contributed by atoms with Crippen LogP contribution < -0.4 is 0 Å². The molecule has 0 aromatic carbocycles. The molecule has 5 N–H and O–H groups in total. The van der Waals surface area contributed by atoms with Crippen molar-refractivity contribution in [3.63, 3.8) is 0 Å². The summed E-state index contributed by atoms with van der Waals surface area (Å²) < 4.78 is 298. The second-order valence-corrected chi connectivity index (χ2v) is 37.5. The molecule has 0 saturated heterocycles. The van der Waals surface area contributed by atoms with Crippen LogP contribution in [0.4, 0.5) is 43.9 Å². The molecule has 0 spiro atoms. The first-order chi connectivity index (χ1) is 45.4. The monoisotopic (exact) mass is 1560 g/mol. The number of carbonyl (C=O) groups is 5. The van der Waals surface area contributed by atoms with E-state index in [1.807, 2.05) is 6.92 Å². The van der Waals surface area contributed by atoms with E-state index in [9.17, 15) is 110 Å². The van der Waals surface area contributed by atoms with Crippen LogP contribution in [0.2, 0.25) is 0 Å². The average Bonchev–Trinajstić information content (AvgIpc) is 0.749. The standard InChI is InChI=1S/2C13H18F2O5S.C13H22F2O5S.C11H18F2O5S.C10H16F2O5S/c14-13(15,21(17,18)19)7-20-11(16)12-4-8-1-9(5-12)3-10(2-8)6-12;14-13(15,21(17,18)19)6-20-12(16)11-9-2-7-1-8(4-9)5-10(11)3-7;1-12(2,3)10-6-4-9(5-7-10)11(16)20-8-13(14,15)21(17,18)19;1-2-8-3-5-9(6-4-8)10(14)18-7-11(12,13)19(15,16)17;1-7-2-4-8(5-3-7)9(13)17-6-10(11,12)18(14,15)16/h8-10H,1-7H2,(H,17,18,19);7-11H,1-6H2,(H,17,18,19);9-10H,4-8H2,1-3H3,(H,17,18,19);8-9H,2-7H2,1H3,(H,15,16,17);7-8H,2-6H2,1H3,(H,14,15,16). The zero-order chi connectivity index (χ0) is 76.0. The molecule has 0 heterocycles. The van der Waals surface area contributed by atoms with E-state index in [-0.39, 0.29) is 17.3 Å². The summed E-state index contributed by atoms with van der Waals surface area (Å²) in [7, 11) is -27.8. The number of alkyl halides is 10. The maximum Gasteiger partial charge on any atom is 0.402 e. The predicted molar refractivity (Wildman–Crippen MR) is 330 cm³/mol. The summed E-state index contributed by atoms with van der Waals surface area (Å²) >= 11 is 0. The van der Waals surface area contributed by atoms with Gasteiger partial charge in [0.05, 0.1) is 29.1 Å². The van der Waals surface area contributed by atoms with Gasteiger partial charge in [-0.25, -0.2) is 0 Å². The largest absolute Gasteiger partial charge is 0.458 e. The third-order valence-electron chi connectivity index (χ3n) is 21.2. The second-order valence-electron chi connectivity index (χ2n) is 29.7. The van der Waals surface area contributed by atoms with E-state index in [1.54, 1.807) is 0 Å². The van der Waals surface area contributed by atoms with Gasteiger partial charge in [0.1, 0.15) is 0 Å². The van der Waals surface area contributed by atoms with Crippen molar-refractivity contribution in [2.24, 2.45) is 93.7 Å². The van der Waals surface area contributed by atoms with Crippen molar-refractivity contribution in [3.05, 3.63) is 0 Å². The van der Waals surface area contributed by atoms with Gasteiger partial charge >= 0.3 is 107 Å². The van der Waals surface area contributed by atoms with Crippen molar-refractivity contribution < 1.29 is 156 Å². The molecule has 40 heteroatoms. The van der Waals surface area contributed by atoms with Crippen molar-refractivity contribution in [1.82, 2.24) is 0 Å². The summed E-state index contributed by atoms with van der Waals surface area (Å²) in [6.07, 6.45) is 19.4. The summed E-state index contributed by atoms with van der Waals surface area (Å²) in [6.45, 7) is 2.26. The maximum absolute atomic E-state index is 13.1. The molecule has 0 atom stereocenters. The molecule has 582 valence electrons. The fourth-order valence-electron chi connectivity index (χ4n) is 15.9. The highest BCUT2D eigenvalue weighted by Gasteiger charge is 2.58. The molecule has 11 aliphatic rings. The first-order valence-corrected chi connectivity index (χ1v) is 40.2. The Morgan fingerprint density at radius 1 is 0.380 bits per heavy atom. The maximum atomic E-state index is 13.1. The van der Waals surface area contributed by atoms with E-state index >= 15 is 0 Å². The minimum absolute atomic E-state index is 0.132. The number of rotatable bonds is 21. The molecule has 11 fully saturated rings. The fraction of sp³-hybridized carbons (Fsp3) is 0.917. The van der Waals surface area contributed by atoms with E-state index in [1.165, 1.54) is 6.42 Å². The summed E-state index contributed by atoms with van der Waals surface area (Å²) in [5, 5.41) is -22.3. The van der Waals surface area contributed by atoms with Crippen LogP contribution in [0.1, 0.15) is 189 Å². The first-order valence-electron chi connectivity index (χ1n) is 33.0. The van der Waals surface area contributed by atoms with Gasteiger partial charge < -0.3 is 23.7 Å². The van der Waals surface area contributed by atoms with Gasteiger partial charge in [-0.2, -0.15) is 86.0 Å². The highest BCUT2D eigenvalue weighted by molar-refractivity contribution is 7.88. The average molecular weight is 1560 g/mol. The molecule has 8 bridgehead atoms. The van der Waals surface area contributed by atoms with Crippen molar-refractivity contribution in [2.45, 2.75) is 215 Å². The highest BCUT2D eigenvalue weighted by Crippen LogP contribution is 2.61. The van der Waals surface area contributed by atoms with Crippen LogP contribution in [0, 0.1) is 93.7 Å². The Kier molecular flexibility index (Phi) is 28.9. The Morgan fingerprint density at radius 3 is 0.920 bits per heavy atom. The molecule has 11 rings (SSSR count). The number of carbonyl (C=O) groups excluding carboxylic acids is 5. The lowest BCUT2D eigenvalue weighted by Crippen LogP contribution is -2.51. The van der Waals surface area contributed by atoms with Crippen molar-refractivity contribution >= 4 is 80.4 Å². The second kappa shape index (κ2) is 33.3. The highest BCUT2D eigenvalue weighted by atomic mass is 32.2. The molecule has 100 heavy (non-hydrogen) atoms. The lowest BCUT2D eigenvalue weighted by atomic mass is 9.49. The van der Waals surface area contributed by atoms with Crippen LogP contribution in [0.3, 0.4) is 0 Å². The van der Waals surface area contributed by atoms with Crippen LogP contribution in [0.15, 0.2) is 0 Å². The van der Waals surface area contributed by atoms with Gasteiger partial charge in [0.15, 0.2) is 33.0 Å². The van der Waals surface area contributed by atoms with Gasteiger partial charge in [-0.1, -0.05) is 41.0 Å². The smallest absolute Gasteiger partial charge is 0.402 e. The topological polar surface area (TPSA) is 403 Å². The van der Waals surface area contributed by atoms with Gasteiger partial charge in [0, 0.05) is 0 Å². The molecule has 0 aromatic heterocycles.